The van der Waals surface area contributed by atoms with E-state index in [1.807, 2.05) is 49.4 Å². The molecule has 0 fully saturated rings. The minimum Gasteiger partial charge on any atom is -0.486 e. The maximum absolute atomic E-state index is 5.79. The van der Waals surface area contributed by atoms with Gasteiger partial charge in [0.2, 0.25) is 0 Å². The molecule has 3 aromatic rings. The zero-order valence-electron chi connectivity index (χ0n) is 12.3. The first-order chi connectivity index (χ1) is 10.8. The lowest BCUT2D eigenvalue weighted by Gasteiger charge is -2.03. The van der Waals surface area contributed by atoms with Gasteiger partial charge in [-0.25, -0.2) is 4.98 Å². The Balaban J connectivity index is 1.61. The second kappa shape index (κ2) is 7.04. The Labute approximate surface area is 133 Å². The van der Waals surface area contributed by atoms with Crippen LogP contribution < -0.4 is 10.2 Å². The molecule has 112 valence electrons. The smallest absolute Gasteiger partial charge is 0.140 e. The number of hydrogen-bond acceptors (Lipinski definition) is 5. The van der Waals surface area contributed by atoms with Crippen LogP contribution in [0.1, 0.15) is 17.5 Å². The predicted molar refractivity (Wildman–Crippen MR) is 91.7 cm³/mol. The molecule has 0 unspecified atom stereocenters. The molecule has 0 radical (unpaired) electrons. The first-order valence-electron chi connectivity index (χ1n) is 7.18. The summed E-state index contributed by atoms with van der Waals surface area (Å²) in [7, 11) is 0. The lowest BCUT2D eigenvalue weighted by Crippen LogP contribution is -2.03. The highest BCUT2D eigenvalue weighted by atomic mass is 32.1. The second-order valence-electron chi connectivity index (χ2n) is 4.70. The van der Waals surface area contributed by atoms with Crippen molar-refractivity contribution in [3.63, 3.8) is 0 Å². The van der Waals surface area contributed by atoms with Crippen LogP contribution in [-0.4, -0.2) is 17.7 Å². The van der Waals surface area contributed by atoms with Crippen molar-refractivity contribution in [3.05, 3.63) is 59.1 Å². The van der Waals surface area contributed by atoms with Gasteiger partial charge in [0.25, 0.3) is 0 Å². The lowest BCUT2D eigenvalue weighted by atomic mass is 10.2. The van der Waals surface area contributed by atoms with Crippen molar-refractivity contribution in [2.75, 3.05) is 6.54 Å². The lowest BCUT2D eigenvalue weighted by molar-refractivity contribution is 0.306. The summed E-state index contributed by atoms with van der Waals surface area (Å²) in [6.45, 7) is 3.32. The molecule has 0 bridgehead atoms. The van der Waals surface area contributed by atoms with E-state index in [1.54, 1.807) is 17.6 Å². The van der Waals surface area contributed by atoms with E-state index in [-0.39, 0.29) is 0 Å². The van der Waals surface area contributed by atoms with E-state index >= 15 is 0 Å². The monoisotopic (exact) mass is 311 g/mol. The third kappa shape index (κ3) is 3.62. The fourth-order valence-corrected chi connectivity index (χ4v) is 2.87. The molecule has 5 heteroatoms. The summed E-state index contributed by atoms with van der Waals surface area (Å²) in [5.74, 6) is 0.833. The van der Waals surface area contributed by atoms with E-state index in [1.165, 1.54) is 4.70 Å². The molecule has 2 aromatic carbocycles. The van der Waals surface area contributed by atoms with E-state index < -0.39 is 0 Å². The van der Waals surface area contributed by atoms with Gasteiger partial charge in [0.05, 0.1) is 16.4 Å². The number of hydrogen-bond donors (Lipinski definition) is 1. The van der Waals surface area contributed by atoms with Crippen molar-refractivity contribution >= 4 is 27.8 Å². The zero-order valence-corrected chi connectivity index (χ0v) is 13.1. The summed E-state index contributed by atoms with van der Waals surface area (Å²) in [6, 6.07) is 16.0. The number of fused-ring (bicyclic) bond motifs is 1. The quantitative estimate of drug-likeness (QED) is 0.556. The Morgan fingerprint density at radius 1 is 1.18 bits per heavy atom. The number of thiazole rings is 1. The molecule has 1 aromatic heterocycles. The highest BCUT2D eigenvalue weighted by Gasteiger charge is 2.03. The van der Waals surface area contributed by atoms with Crippen molar-refractivity contribution < 1.29 is 4.74 Å². The van der Waals surface area contributed by atoms with E-state index in [0.29, 0.717) is 6.61 Å². The molecule has 0 saturated carbocycles. The zero-order chi connectivity index (χ0) is 15.2. The van der Waals surface area contributed by atoms with Gasteiger partial charge in [-0.15, -0.1) is 11.3 Å². The number of ether oxygens (including phenoxy) is 1. The van der Waals surface area contributed by atoms with Gasteiger partial charge in [0.15, 0.2) is 0 Å². The molecule has 0 atom stereocenters. The summed E-state index contributed by atoms with van der Waals surface area (Å²) >= 11 is 1.67. The molecule has 0 aliphatic carbocycles. The molecule has 0 aliphatic heterocycles. The third-order valence-corrected chi connectivity index (χ3v) is 4.05. The Morgan fingerprint density at radius 3 is 2.77 bits per heavy atom. The van der Waals surface area contributed by atoms with E-state index in [0.717, 1.165) is 28.4 Å². The minimum absolute atomic E-state index is 0.490. The number of nitrogens with one attached hydrogen (secondary N) is 1. The fraction of sp³-hybridized carbons (Fsp3) is 0.176. The molecule has 0 saturated heterocycles. The van der Waals surface area contributed by atoms with Gasteiger partial charge in [-0.05, 0) is 48.9 Å². The van der Waals surface area contributed by atoms with E-state index in [4.69, 9.17) is 4.74 Å². The Morgan fingerprint density at radius 2 is 2.00 bits per heavy atom. The number of rotatable bonds is 6. The van der Waals surface area contributed by atoms with Crippen LogP contribution in [-0.2, 0) is 6.61 Å². The normalized spacial score (nSPS) is 11.1. The SMILES string of the molecule is CCNN=Cc1ccc(OCc2nc3ccccc3s2)cc1. The van der Waals surface area contributed by atoms with Gasteiger partial charge in [-0.1, -0.05) is 12.1 Å². The Hall–Kier alpha value is -2.40. The van der Waals surface area contributed by atoms with E-state index in [9.17, 15) is 0 Å². The molecule has 3 rings (SSSR count). The third-order valence-electron chi connectivity index (χ3n) is 3.04. The van der Waals surface area contributed by atoms with Gasteiger partial charge in [-0.2, -0.15) is 5.10 Å². The van der Waals surface area contributed by atoms with Gasteiger partial charge in [0, 0.05) is 6.54 Å². The molecule has 0 spiro atoms. The van der Waals surface area contributed by atoms with Crippen molar-refractivity contribution in [2.24, 2.45) is 5.10 Å². The van der Waals surface area contributed by atoms with Crippen molar-refractivity contribution in [1.82, 2.24) is 10.4 Å². The van der Waals surface area contributed by atoms with Crippen LogP contribution in [0.15, 0.2) is 53.6 Å². The van der Waals surface area contributed by atoms with Crippen LogP contribution in [0.4, 0.5) is 0 Å². The van der Waals surface area contributed by atoms with Gasteiger partial charge >= 0.3 is 0 Å². The van der Waals surface area contributed by atoms with Crippen LogP contribution >= 0.6 is 11.3 Å². The molecule has 1 N–H and O–H groups in total. The van der Waals surface area contributed by atoms with E-state index in [2.05, 4.69) is 21.6 Å². The van der Waals surface area contributed by atoms with Crippen LogP contribution in [0.2, 0.25) is 0 Å². The van der Waals surface area contributed by atoms with Crippen molar-refractivity contribution in [2.45, 2.75) is 13.5 Å². The van der Waals surface area contributed by atoms with Gasteiger partial charge < -0.3 is 10.2 Å². The minimum atomic E-state index is 0.490. The second-order valence-corrected chi connectivity index (χ2v) is 5.82. The number of para-hydroxylation sites is 1. The molecular formula is C17H17N3OS. The summed E-state index contributed by atoms with van der Waals surface area (Å²) < 4.78 is 6.98. The summed E-state index contributed by atoms with van der Waals surface area (Å²) in [6.07, 6.45) is 1.79. The number of hydrazone groups is 1. The topological polar surface area (TPSA) is 46.5 Å². The van der Waals surface area contributed by atoms with Gasteiger partial charge in [0.1, 0.15) is 17.4 Å². The molecule has 22 heavy (non-hydrogen) atoms. The average Bonchev–Trinajstić information content (AvgIpc) is 2.97. The predicted octanol–water partition coefficient (Wildman–Crippen LogP) is 3.82. The van der Waals surface area contributed by atoms with Crippen LogP contribution in [0, 0.1) is 0 Å². The molecule has 1 heterocycles. The Kier molecular flexibility index (Phi) is 4.65. The first-order valence-corrected chi connectivity index (χ1v) is 8.00. The van der Waals surface area contributed by atoms with Crippen LogP contribution in [0.3, 0.4) is 0 Å². The summed E-state index contributed by atoms with van der Waals surface area (Å²) in [4.78, 5) is 4.56. The maximum atomic E-state index is 5.79. The summed E-state index contributed by atoms with van der Waals surface area (Å²) in [5, 5.41) is 5.07. The molecule has 4 nitrogen and oxygen atoms in total. The van der Waals surface area contributed by atoms with Crippen LogP contribution in [0.5, 0.6) is 5.75 Å². The fourth-order valence-electron chi connectivity index (χ4n) is 1.99. The molecule has 0 aliphatic rings. The van der Waals surface area contributed by atoms with Crippen molar-refractivity contribution in [3.8, 4) is 5.75 Å². The average molecular weight is 311 g/mol. The van der Waals surface area contributed by atoms with Crippen molar-refractivity contribution in [1.29, 1.82) is 0 Å². The number of nitrogens with zero attached hydrogens (tertiary/aromatic N) is 2. The molecule has 0 amide bonds. The molecular weight excluding hydrogens is 294 g/mol. The summed E-state index contributed by atoms with van der Waals surface area (Å²) in [5.41, 5.74) is 4.97. The first kappa shape index (κ1) is 14.5. The Bertz CT molecular complexity index is 732. The standard InChI is InChI=1S/C17H17N3OS/c1-2-18-19-11-13-7-9-14(10-8-13)21-12-17-20-15-5-3-4-6-16(15)22-17/h3-11,18H,2,12H2,1H3. The number of aromatic nitrogens is 1. The highest BCUT2D eigenvalue weighted by molar-refractivity contribution is 7.18. The highest BCUT2D eigenvalue weighted by Crippen LogP contribution is 2.23. The largest absolute Gasteiger partial charge is 0.486 e. The number of benzene rings is 2. The van der Waals surface area contributed by atoms with Crippen LogP contribution in [0.25, 0.3) is 10.2 Å². The maximum Gasteiger partial charge on any atom is 0.140 e. The van der Waals surface area contributed by atoms with Gasteiger partial charge in [-0.3, -0.25) is 0 Å².